The van der Waals surface area contributed by atoms with E-state index < -0.39 is 46.5 Å². The van der Waals surface area contributed by atoms with Crippen molar-refractivity contribution >= 4 is 34.7 Å². The third-order valence-corrected chi connectivity index (χ3v) is 6.68. The molecule has 0 spiro atoms. The Balaban J connectivity index is 0.000000256. The zero-order valence-electron chi connectivity index (χ0n) is 25.5. The lowest BCUT2D eigenvalue weighted by molar-refractivity contribution is -0.138. The number of aliphatic imine (C=N–C) groups is 2. The van der Waals surface area contributed by atoms with Gasteiger partial charge in [0.1, 0.15) is 23.0 Å². The lowest BCUT2D eigenvalue weighted by Crippen LogP contribution is -2.33. The first-order valence-corrected chi connectivity index (χ1v) is 14.1. The Hall–Kier alpha value is -5.14. The number of aryl methyl sites for hydroxylation is 2. The van der Waals surface area contributed by atoms with Crippen molar-refractivity contribution in [1.82, 2.24) is 0 Å². The molecule has 0 aliphatic carbocycles. The van der Waals surface area contributed by atoms with Crippen LogP contribution in [0, 0.1) is 11.6 Å². The molecule has 5 N–H and O–H groups in total. The molecule has 250 valence electrons. The van der Waals surface area contributed by atoms with Crippen LogP contribution in [0.15, 0.2) is 94.9 Å². The normalized spacial score (nSPS) is 12.3. The van der Waals surface area contributed by atoms with E-state index >= 15 is 0 Å². The van der Waals surface area contributed by atoms with Gasteiger partial charge in [-0.15, -0.1) is 0 Å². The van der Waals surface area contributed by atoms with Crippen LogP contribution in [-0.2, 0) is 25.2 Å². The predicted octanol–water partition coefficient (Wildman–Crippen LogP) is 8.95. The summed E-state index contributed by atoms with van der Waals surface area (Å²) in [6, 6.07) is 18.7. The minimum absolute atomic E-state index is 0.110. The highest BCUT2D eigenvalue weighted by Crippen LogP contribution is 2.34. The number of nitrogens with two attached hydrogens (primary N) is 2. The Bertz CT molecular complexity index is 1730. The topological polar surface area (TPSA) is 92.0 Å². The molecule has 0 radical (unpaired) electrons. The van der Waals surface area contributed by atoms with Crippen molar-refractivity contribution in [3.63, 3.8) is 0 Å². The van der Waals surface area contributed by atoms with Crippen LogP contribution in [0.3, 0.4) is 0 Å². The molecule has 4 rings (SSSR count). The minimum atomic E-state index is -4.58. The molecule has 4 aromatic carbocycles. The fraction of sp³-hybridized carbons (Fsp3) is 0.212. The van der Waals surface area contributed by atoms with Gasteiger partial charge in [0.05, 0.1) is 11.1 Å². The highest BCUT2D eigenvalue weighted by molar-refractivity contribution is 5.96. The Morgan fingerprint density at radius 3 is 1.68 bits per heavy atom. The summed E-state index contributed by atoms with van der Waals surface area (Å²) in [4.78, 5) is 8.99. The molecule has 0 aromatic heterocycles. The Morgan fingerprint density at radius 1 is 0.681 bits per heavy atom. The fourth-order valence-electron chi connectivity index (χ4n) is 4.04. The first-order valence-electron chi connectivity index (χ1n) is 14.1. The van der Waals surface area contributed by atoms with E-state index in [1.54, 1.807) is 25.2 Å². The molecule has 0 aliphatic rings. The summed E-state index contributed by atoms with van der Waals surface area (Å²) in [6.45, 7) is 3.98. The second kappa shape index (κ2) is 15.4. The van der Waals surface area contributed by atoms with Gasteiger partial charge in [0.25, 0.3) is 0 Å². The quantitative estimate of drug-likeness (QED) is 0.109. The smallest absolute Gasteiger partial charge is 0.369 e. The van der Waals surface area contributed by atoms with Crippen LogP contribution >= 0.6 is 0 Å². The van der Waals surface area contributed by atoms with E-state index in [0.717, 1.165) is 30.0 Å². The SMILES string of the molecule is CCc1cccc(N(C)C(N)=Nc2cc(C(F)(F)F)ccc2F)c1.CCc1cccc(NC(N)=Nc2cc(C(F)(F)F)ccc2F)c1. The number of guanidine groups is 2. The Labute approximate surface area is 266 Å². The Kier molecular flexibility index (Phi) is 11.9. The number of nitrogens with one attached hydrogen (secondary N) is 1. The largest absolute Gasteiger partial charge is 0.416 e. The van der Waals surface area contributed by atoms with Gasteiger partial charge in [-0.25, -0.2) is 18.8 Å². The predicted molar refractivity (Wildman–Crippen MR) is 169 cm³/mol. The van der Waals surface area contributed by atoms with Crippen LogP contribution in [-0.4, -0.2) is 19.0 Å². The van der Waals surface area contributed by atoms with Gasteiger partial charge in [-0.05, 0) is 84.6 Å². The van der Waals surface area contributed by atoms with Gasteiger partial charge < -0.3 is 21.7 Å². The van der Waals surface area contributed by atoms with Crippen molar-refractivity contribution < 1.29 is 35.1 Å². The molecule has 0 amide bonds. The molecule has 47 heavy (non-hydrogen) atoms. The molecule has 6 nitrogen and oxygen atoms in total. The fourth-order valence-corrected chi connectivity index (χ4v) is 4.04. The van der Waals surface area contributed by atoms with E-state index in [1.165, 1.54) is 4.90 Å². The molecule has 0 fully saturated rings. The van der Waals surface area contributed by atoms with Crippen LogP contribution in [0.25, 0.3) is 0 Å². The number of anilines is 2. The summed E-state index contributed by atoms with van der Waals surface area (Å²) in [5.74, 6) is -2.07. The summed E-state index contributed by atoms with van der Waals surface area (Å²) in [5.41, 5.74) is 12.0. The number of hydrogen-bond donors (Lipinski definition) is 3. The van der Waals surface area contributed by atoms with E-state index in [9.17, 15) is 35.1 Å². The number of benzene rings is 4. The molecule has 0 saturated heterocycles. The van der Waals surface area contributed by atoms with Crippen molar-refractivity contribution in [3.05, 3.63) is 119 Å². The number of hydrogen-bond acceptors (Lipinski definition) is 2. The molecule has 0 saturated carbocycles. The van der Waals surface area contributed by atoms with Crippen LogP contribution in [0.5, 0.6) is 0 Å². The molecule has 14 heteroatoms. The number of halogens is 8. The summed E-state index contributed by atoms with van der Waals surface area (Å²) in [6.07, 6.45) is -7.51. The summed E-state index contributed by atoms with van der Waals surface area (Å²) >= 11 is 0. The number of alkyl halides is 6. The van der Waals surface area contributed by atoms with Gasteiger partial charge >= 0.3 is 12.4 Å². The van der Waals surface area contributed by atoms with E-state index in [0.29, 0.717) is 41.7 Å². The second-order valence-corrected chi connectivity index (χ2v) is 10.1. The molecule has 0 atom stereocenters. The maximum atomic E-state index is 13.8. The van der Waals surface area contributed by atoms with Gasteiger partial charge in [-0.2, -0.15) is 26.3 Å². The van der Waals surface area contributed by atoms with Gasteiger partial charge in [-0.1, -0.05) is 38.1 Å². The summed E-state index contributed by atoms with van der Waals surface area (Å²) < 4.78 is 104. The zero-order valence-corrected chi connectivity index (χ0v) is 25.5. The average molecular weight is 665 g/mol. The number of rotatable bonds is 6. The third-order valence-electron chi connectivity index (χ3n) is 6.68. The van der Waals surface area contributed by atoms with Crippen molar-refractivity contribution in [3.8, 4) is 0 Å². The molecule has 0 heterocycles. The monoisotopic (exact) mass is 664 g/mol. The van der Waals surface area contributed by atoms with Crippen LogP contribution in [0.2, 0.25) is 0 Å². The summed E-state index contributed by atoms with van der Waals surface area (Å²) in [5, 5.41) is 2.73. The molecular formula is C33H32F8N6. The molecular weight excluding hydrogens is 632 g/mol. The van der Waals surface area contributed by atoms with E-state index in [4.69, 9.17) is 11.5 Å². The van der Waals surface area contributed by atoms with Crippen molar-refractivity contribution in [2.24, 2.45) is 21.5 Å². The van der Waals surface area contributed by atoms with E-state index in [1.807, 2.05) is 44.2 Å². The molecule has 4 aromatic rings. The first-order chi connectivity index (χ1) is 22.0. The molecule has 0 bridgehead atoms. The highest BCUT2D eigenvalue weighted by Gasteiger charge is 2.32. The van der Waals surface area contributed by atoms with Gasteiger partial charge in [-0.3, -0.25) is 0 Å². The van der Waals surface area contributed by atoms with Crippen LogP contribution in [0.4, 0.5) is 57.9 Å². The van der Waals surface area contributed by atoms with Crippen molar-refractivity contribution in [2.75, 3.05) is 17.3 Å². The first kappa shape index (κ1) is 36.3. The van der Waals surface area contributed by atoms with Crippen molar-refractivity contribution in [2.45, 2.75) is 39.0 Å². The van der Waals surface area contributed by atoms with E-state index in [-0.39, 0.29) is 11.9 Å². The zero-order chi connectivity index (χ0) is 34.9. The molecule has 0 unspecified atom stereocenters. The Morgan fingerprint density at radius 2 is 1.17 bits per heavy atom. The lowest BCUT2D eigenvalue weighted by Gasteiger charge is -2.19. The third kappa shape index (κ3) is 10.4. The van der Waals surface area contributed by atoms with Gasteiger partial charge in [0.2, 0.25) is 5.96 Å². The van der Waals surface area contributed by atoms with E-state index in [2.05, 4.69) is 15.3 Å². The van der Waals surface area contributed by atoms with Gasteiger partial charge in [0.15, 0.2) is 5.96 Å². The van der Waals surface area contributed by atoms with Crippen LogP contribution < -0.4 is 21.7 Å². The van der Waals surface area contributed by atoms with Crippen LogP contribution in [0.1, 0.15) is 36.1 Å². The standard InChI is InChI=1S/C17H17F4N3.C16H15F4N3/c1-3-11-5-4-6-13(9-11)24(2)16(22)23-15-10-12(17(19,20)21)7-8-14(15)18;1-2-10-4-3-5-12(8-10)22-15(21)23-14-9-11(16(18,19)20)6-7-13(14)17/h4-10H,3H2,1-2H3,(H2,22,23);3-9H,2H2,1H3,(H3,21,22,23). The maximum absolute atomic E-state index is 13.8. The minimum Gasteiger partial charge on any atom is -0.369 e. The molecule has 0 aliphatic heterocycles. The second-order valence-electron chi connectivity index (χ2n) is 10.1. The lowest BCUT2D eigenvalue weighted by atomic mass is 10.1. The number of nitrogens with zero attached hydrogens (tertiary/aromatic N) is 3. The van der Waals surface area contributed by atoms with Gasteiger partial charge in [0, 0.05) is 18.4 Å². The van der Waals surface area contributed by atoms with Crippen molar-refractivity contribution in [1.29, 1.82) is 0 Å². The highest BCUT2D eigenvalue weighted by atomic mass is 19.4. The maximum Gasteiger partial charge on any atom is 0.416 e. The average Bonchev–Trinajstić information content (AvgIpc) is 3.02. The summed E-state index contributed by atoms with van der Waals surface area (Å²) in [7, 11) is 1.61.